The monoisotopic (exact) mass is 410 g/mol. The van der Waals surface area contributed by atoms with E-state index < -0.39 is 0 Å². The Morgan fingerprint density at radius 2 is 1.93 bits per heavy atom. The van der Waals surface area contributed by atoms with Gasteiger partial charge in [0.15, 0.2) is 10.9 Å². The normalized spacial score (nSPS) is 14.8. The van der Waals surface area contributed by atoms with Crippen molar-refractivity contribution < 1.29 is 9.21 Å². The molecule has 2 heterocycles. The minimum absolute atomic E-state index is 0.0173. The molecule has 0 aliphatic heterocycles. The number of aromatic nitrogens is 3. The maximum atomic E-state index is 12.3. The summed E-state index contributed by atoms with van der Waals surface area (Å²) in [6.07, 6.45) is 8.42. The van der Waals surface area contributed by atoms with Gasteiger partial charge in [0.1, 0.15) is 0 Å². The highest BCUT2D eigenvalue weighted by molar-refractivity contribution is 7.99. The van der Waals surface area contributed by atoms with Gasteiger partial charge >= 0.3 is 0 Å². The van der Waals surface area contributed by atoms with Crippen molar-refractivity contribution in [2.24, 2.45) is 0 Å². The highest BCUT2D eigenvalue weighted by atomic mass is 32.2. The third kappa shape index (κ3) is 5.09. The molecule has 0 saturated heterocycles. The number of amides is 1. The van der Waals surface area contributed by atoms with E-state index in [0.717, 1.165) is 36.0 Å². The first-order valence-electron chi connectivity index (χ1n) is 10.2. The van der Waals surface area contributed by atoms with Crippen LogP contribution in [0.1, 0.15) is 43.7 Å². The summed E-state index contributed by atoms with van der Waals surface area (Å²) in [5, 5.41) is 12.6. The molecule has 0 spiro atoms. The Kier molecular flexibility index (Phi) is 6.67. The summed E-state index contributed by atoms with van der Waals surface area (Å²) in [6, 6.07) is 14.3. The molecule has 1 saturated carbocycles. The van der Waals surface area contributed by atoms with E-state index in [1.54, 1.807) is 6.26 Å². The summed E-state index contributed by atoms with van der Waals surface area (Å²) in [6.45, 7) is 0.635. The van der Waals surface area contributed by atoms with Gasteiger partial charge in [-0.05, 0) is 37.0 Å². The van der Waals surface area contributed by atoms with Gasteiger partial charge in [-0.3, -0.25) is 9.36 Å². The van der Waals surface area contributed by atoms with Crippen LogP contribution in [0, 0.1) is 0 Å². The highest BCUT2D eigenvalue weighted by Gasteiger charge is 2.25. The van der Waals surface area contributed by atoms with E-state index in [1.807, 2.05) is 30.3 Å². The second-order valence-electron chi connectivity index (χ2n) is 7.32. The number of thioether (sulfide) groups is 1. The first-order chi connectivity index (χ1) is 14.3. The molecule has 1 aromatic carbocycles. The van der Waals surface area contributed by atoms with Crippen molar-refractivity contribution in [2.75, 3.05) is 12.3 Å². The van der Waals surface area contributed by atoms with Crippen LogP contribution in [-0.4, -0.2) is 33.0 Å². The van der Waals surface area contributed by atoms with Crippen LogP contribution in [-0.2, 0) is 11.2 Å². The Bertz CT molecular complexity index is 902. The summed E-state index contributed by atoms with van der Waals surface area (Å²) in [7, 11) is 0. The third-order valence-corrected chi connectivity index (χ3v) is 6.20. The van der Waals surface area contributed by atoms with Crippen LogP contribution in [0.25, 0.3) is 11.6 Å². The fraction of sp³-hybridized carbons (Fsp3) is 0.409. The number of nitrogens with zero attached hydrogens (tertiary/aromatic N) is 3. The Hall–Kier alpha value is -2.54. The molecule has 0 unspecified atom stereocenters. The second-order valence-corrected chi connectivity index (χ2v) is 8.26. The van der Waals surface area contributed by atoms with Crippen LogP contribution >= 0.6 is 11.8 Å². The molecular weight excluding hydrogens is 384 g/mol. The van der Waals surface area contributed by atoms with E-state index in [4.69, 9.17) is 4.42 Å². The molecule has 1 amide bonds. The van der Waals surface area contributed by atoms with Crippen molar-refractivity contribution >= 4 is 17.7 Å². The van der Waals surface area contributed by atoms with Gasteiger partial charge < -0.3 is 9.73 Å². The topological polar surface area (TPSA) is 73.0 Å². The lowest BCUT2D eigenvalue weighted by Gasteiger charge is -2.25. The maximum absolute atomic E-state index is 12.3. The Balaban J connectivity index is 1.38. The molecule has 0 bridgehead atoms. The molecule has 0 radical (unpaired) electrons. The smallest absolute Gasteiger partial charge is 0.230 e. The number of hydrogen-bond acceptors (Lipinski definition) is 5. The summed E-state index contributed by atoms with van der Waals surface area (Å²) in [5.74, 6) is 1.83. The average Bonchev–Trinajstić information content (AvgIpc) is 3.43. The number of carbonyl (C=O) groups is 1. The molecule has 29 heavy (non-hydrogen) atoms. The number of benzene rings is 1. The quantitative estimate of drug-likeness (QED) is 0.554. The molecule has 1 N–H and O–H groups in total. The molecule has 4 rings (SSSR count). The number of furan rings is 1. The zero-order valence-corrected chi connectivity index (χ0v) is 17.2. The van der Waals surface area contributed by atoms with E-state index in [1.165, 1.54) is 36.6 Å². The summed E-state index contributed by atoms with van der Waals surface area (Å²) in [5.41, 5.74) is 1.22. The van der Waals surface area contributed by atoms with Crippen LogP contribution < -0.4 is 5.32 Å². The Morgan fingerprint density at radius 3 is 2.69 bits per heavy atom. The highest BCUT2D eigenvalue weighted by Crippen LogP contribution is 2.35. The number of hydrogen-bond donors (Lipinski definition) is 1. The van der Waals surface area contributed by atoms with Gasteiger partial charge in [-0.25, -0.2) is 0 Å². The van der Waals surface area contributed by atoms with E-state index >= 15 is 0 Å². The summed E-state index contributed by atoms with van der Waals surface area (Å²) >= 11 is 1.45. The average molecular weight is 411 g/mol. The Labute approximate surface area is 175 Å². The zero-order valence-electron chi connectivity index (χ0n) is 16.4. The van der Waals surface area contributed by atoms with Crippen molar-refractivity contribution in [1.82, 2.24) is 20.1 Å². The molecule has 1 aliphatic carbocycles. The van der Waals surface area contributed by atoms with Crippen molar-refractivity contribution in [3.8, 4) is 11.6 Å². The second kappa shape index (κ2) is 9.78. The molecular formula is C22H26N4O2S. The minimum atomic E-state index is 0.0173. The largest absolute Gasteiger partial charge is 0.461 e. The first-order valence-corrected chi connectivity index (χ1v) is 11.2. The van der Waals surface area contributed by atoms with Crippen molar-refractivity contribution in [2.45, 2.75) is 49.7 Å². The molecule has 3 aromatic rings. The van der Waals surface area contributed by atoms with Crippen LogP contribution in [0.5, 0.6) is 0 Å². The Morgan fingerprint density at radius 1 is 1.10 bits per heavy atom. The van der Waals surface area contributed by atoms with Crippen molar-refractivity contribution in [3.63, 3.8) is 0 Å². The predicted molar refractivity (Wildman–Crippen MR) is 114 cm³/mol. The molecule has 1 aliphatic rings. The SMILES string of the molecule is O=C(CSc1nnc(-c2ccco2)n1C1CCCCC1)NCCc1ccccc1. The van der Waals surface area contributed by atoms with E-state index in [-0.39, 0.29) is 5.91 Å². The van der Waals surface area contributed by atoms with E-state index in [9.17, 15) is 4.79 Å². The van der Waals surface area contributed by atoms with E-state index in [0.29, 0.717) is 18.3 Å². The molecule has 6 nitrogen and oxygen atoms in total. The molecule has 0 atom stereocenters. The summed E-state index contributed by atoms with van der Waals surface area (Å²) < 4.78 is 7.75. The van der Waals surface area contributed by atoms with Gasteiger partial charge in [-0.15, -0.1) is 10.2 Å². The van der Waals surface area contributed by atoms with Gasteiger partial charge in [-0.1, -0.05) is 61.4 Å². The fourth-order valence-corrected chi connectivity index (χ4v) is 4.63. The number of rotatable bonds is 8. The lowest BCUT2D eigenvalue weighted by atomic mass is 9.95. The molecule has 152 valence electrons. The van der Waals surface area contributed by atoms with Gasteiger partial charge in [0.2, 0.25) is 11.7 Å². The lowest BCUT2D eigenvalue weighted by Crippen LogP contribution is -2.27. The van der Waals surface area contributed by atoms with Crippen molar-refractivity contribution in [1.29, 1.82) is 0 Å². The number of carbonyl (C=O) groups excluding carboxylic acids is 1. The zero-order chi connectivity index (χ0) is 19.9. The fourth-order valence-electron chi connectivity index (χ4n) is 3.79. The van der Waals surface area contributed by atoms with Crippen LogP contribution in [0.2, 0.25) is 0 Å². The van der Waals surface area contributed by atoms with Crippen LogP contribution in [0.15, 0.2) is 58.3 Å². The van der Waals surface area contributed by atoms with Crippen LogP contribution in [0.3, 0.4) is 0 Å². The maximum Gasteiger partial charge on any atom is 0.230 e. The molecule has 1 fully saturated rings. The van der Waals surface area contributed by atoms with Gasteiger partial charge in [0.25, 0.3) is 0 Å². The van der Waals surface area contributed by atoms with Gasteiger partial charge in [-0.2, -0.15) is 0 Å². The van der Waals surface area contributed by atoms with Gasteiger partial charge in [0.05, 0.1) is 12.0 Å². The predicted octanol–water partition coefficient (Wildman–Crippen LogP) is 4.49. The van der Waals surface area contributed by atoms with E-state index in [2.05, 4.69) is 32.2 Å². The standard InChI is InChI=1S/C22H26N4O2S/c27-20(23-14-13-17-8-3-1-4-9-17)16-29-22-25-24-21(19-12-7-15-28-19)26(22)18-10-5-2-6-11-18/h1,3-4,7-9,12,15,18H,2,5-6,10-11,13-14,16H2,(H,23,27). The number of nitrogens with one attached hydrogen (secondary N) is 1. The minimum Gasteiger partial charge on any atom is -0.461 e. The van der Waals surface area contributed by atoms with Gasteiger partial charge in [0, 0.05) is 12.6 Å². The first kappa shape index (κ1) is 19.8. The summed E-state index contributed by atoms with van der Waals surface area (Å²) in [4.78, 5) is 12.3. The lowest BCUT2D eigenvalue weighted by molar-refractivity contribution is -0.118. The third-order valence-electron chi connectivity index (χ3n) is 5.26. The molecule has 7 heteroatoms. The molecule has 2 aromatic heterocycles. The van der Waals surface area contributed by atoms with Crippen molar-refractivity contribution in [3.05, 3.63) is 54.3 Å². The van der Waals surface area contributed by atoms with Crippen LogP contribution in [0.4, 0.5) is 0 Å².